The average Bonchev–Trinajstić information content (AvgIpc) is 2.67. The number of carbonyl (C=O) groups excluding carboxylic acids is 1. The summed E-state index contributed by atoms with van der Waals surface area (Å²) >= 11 is 0. The lowest BCUT2D eigenvalue weighted by Gasteiger charge is -2.15. The molecule has 0 saturated carbocycles. The van der Waals surface area contributed by atoms with Crippen LogP contribution in [0, 0.1) is 5.82 Å². The van der Waals surface area contributed by atoms with Gasteiger partial charge in [-0.25, -0.2) is 4.39 Å². The van der Waals surface area contributed by atoms with Gasteiger partial charge in [-0.3, -0.25) is 9.59 Å². The Hall–Kier alpha value is -3.20. The molecule has 3 aromatic rings. The molecule has 0 saturated heterocycles. The Morgan fingerprint density at radius 1 is 1.17 bits per heavy atom. The SMILES string of the molecule is C[C@@H](CO)n1ccc2c(NC(=O)Cc3ccc(C(F)(F)F)c(F)c3)cccc2c1=O. The molecular weight excluding hydrogens is 404 g/mol. The summed E-state index contributed by atoms with van der Waals surface area (Å²) in [6, 6.07) is 8.26. The molecule has 0 aliphatic rings. The number of aliphatic hydroxyl groups excluding tert-OH is 1. The first kappa shape index (κ1) is 21.5. The number of carbonyl (C=O) groups is 1. The van der Waals surface area contributed by atoms with Crippen molar-refractivity contribution in [1.82, 2.24) is 4.57 Å². The van der Waals surface area contributed by atoms with E-state index in [1.807, 2.05) is 0 Å². The predicted octanol–water partition coefficient (Wildman–Crippen LogP) is 3.89. The van der Waals surface area contributed by atoms with Crippen molar-refractivity contribution < 1.29 is 27.5 Å². The molecule has 0 spiro atoms. The van der Waals surface area contributed by atoms with E-state index in [1.54, 1.807) is 31.2 Å². The maximum atomic E-state index is 13.7. The van der Waals surface area contributed by atoms with Gasteiger partial charge in [-0.2, -0.15) is 13.2 Å². The van der Waals surface area contributed by atoms with Gasteiger partial charge < -0.3 is 15.0 Å². The van der Waals surface area contributed by atoms with Crippen molar-refractivity contribution in [3.8, 4) is 0 Å². The number of hydrogen-bond acceptors (Lipinski definition) is 3. The summed E-state index contributed by atoms with van der Waals surface area (Å²) in [5.41, 5.74) is -1.31. The zero-order valence-corrected chi connectivity index (χ0v) is 15.8. The quantitative estimate of drug-likeness (QED) is 0.613. The molecule has 0 aliphatic carbocycles. The van der Waals surface area contributed by atoms with E-state index in [4.69, 9.17) is 0 Å². The molecule has 1 aromatic heterocycles. The van der Waals surface area contributed by atoms with Gasteiger partial charge in [-0.05, 0) is 42.8 Å². The summed E-state index contributed by atoms with van der Waals surface area (Å²) in [6.07, 6.45) is -3.65. The highest BCUT2D eigenvalue weighted by molar-refractivity contribution is 6.02. The minimum absolute atomic E-state index is 0.0809. The zero-order chi connectivity index (χ0) is 22.1. The number of aromatic nitrogens is 1. The van der Waals surface area contributed by atoms with Crippen LogP contribution in [0.5, 0.6) is 0 Å². The first-order valence-electron chi connectivity index (χ1n) is 9.02. The van der Waals surface area contributed by atoms with Crippen LogP contribution in [-0.4, -0.2) is 22.2 Å². The van der Waals surface area contributed by atoms with Crippen LogP contribution in [0.4, 0.5) is 23.2 Å². The first-order valence-corrected chi connectivity index (χ1v) is 9.02. The predicted molar refractivity (Wildman–Crippen MR) is 104 cm³/mol. The second-order valence-electron chi connectivity index (χ2n) is 6.86. The number of pyridine rings is 1. The molecule has 3 rings (SSSR count). The van der Waals surface area contributed by atoms with Crippen molar-refractivity contribution >= 4 is 22.4 Å². The number of alkyl halides is 3. The first-order chi connectivity index (χ1) is 14.1. The number of nitrogens with one attached hydrogen (secondary N) is 1. The molecule has 9 heteroatoms. The van der Waals surface area contributed by atoms with Gasteiger partial charge in [0.2, 0.25) is 5.91 Å². The van der Waals surface area contributed by atoms with Gasteiger partial charge in [0.25, 0.3) is 5.56 Å². The van der Waals surface area contributed by atoms with Crippen LogP contribution in [0.15, 0.2) is 53.5 Å². The van der Waals surface area contributed by atoms with Crippen LogP contribution in [0.2, 0.25) is 0 Å². The highest BCUT2D eigenvalue weighted by atomic mass is 19.4. The highest BCUT2D eigenvalue weighted by Gasteiger charge is 2.33. The molecule has 0 radical (unpaired) electrons. The fraction of sp³-hybridized carbons (Fsp3) is 0.238. The summed E-state index contributed by atoms with van der Waals surface area (Å²) in [7, 11) is 0. The van der Waals surface area contributed by atoms with E-state index in [-0.39, 0.29) is 24.2 Å². The summed E-state index contributed by atoms with van der Waals surface area (Å²) < 4.78 is 53.0. The molecule has 2 N–H and O–H groups in total. The van der Waals surface area contributed by atoms with Gasteiger partial charge in [0.1, 0.15) is 5.82 Å². The smallest absolute Gasteiger partial charge is 0.394 e. The maximum absolute atomic E-state index is 13.7. The number of halogens is 4. The second-order valence-corrected chi connectivity index (χ2v) is 6.86. The van der Waals surface area contributed by atoms with Gasteiger partial charge in [0.05, 0.1) is 24.6 Å². The third-order valence-electron chi connectivity index (χ3n) is 4.69. The van der Waals surface area contributed by atoms with E-state index in [2.05, 4.69) is 5.32 Å². The number of fused-ring (bicyclic) bond motifs is 1. The Kier molecular flexibility index (Phi) is 5.93. The summed E-state index contributed by atoms with van der Waals surface area (Å²) in [6.45, 7) is 1.47. The van der Waals surface area contributed by atoms with Crippen LogP contribution >= 0.6 is 0 Å². The summed E-state index contributed by atoms with van der Waals surface area (Å²) in [4.78, 5) is 25.0. The number of amides is 1. The summed E-state index contributed by atoms with van der Waals surface area (Å²) in [5, 5.41) is 12.7. The summed E-state index contributed by atoms with van der Waals surface area (Å²) in [5.74, 6) is -2.02. The van der Waals surface area contributed by atoms with Gasteiger partial charge in [-0.1, -0.05) is 12.1 Å². The molecular formula is C21H18F4N2O3. The number of hydrogen-bond donors (Lipinski definition) is 2. The molecule has 158 valence electrons. The topological polar surface area (TPSA) is 71.3 Å². The molecule has 5 nitrogen and oxygen atoms in total. The maximum Gasteiger partial charge on any atom is 0.419 e. The minimum atomic E-state index is -4.81. The minimum Gasteiger partial charge on any atom is -0.394 e. The van der Waals surface area contributed by atoms with E-state index in [0.29, 0.717) is 28.6 Å². The van der Waals surface area contributed by atoms with E-state index in [1.165, 1.54) is 10.8 Å². The lowest BCUT2D eigenvalue weighted by molar-refractivity contribution is -0.140. The fourth-order valence-electron chi connectivity index (χ4n) is 3.12. The van der Waals surface area contributed by atoms with Gasteiger partial charge >= 0.3 is 6.18 Å². The number of anilines is 1. The molecule has 2 aromatic carbocycles. The Morgan fingerprint density at radius 2 is 1.90 bits per heavy atom. The van der Waals surface area contributed by atoms with Crippen molar-refractivity contribution in [2.75, 3.05) is 11.9 Å². The lowest BCUT2D eigenvalue weighted by Crippen LogP contribution is -2.25. The monoisotopic (exact) mass is 422 g/mol. The average molecular weight is 422 g/mol. The van der Waals surface area contributed by atoms with Crippen molar-refractivity contribution in [1.29, 1.82) is 0 Å². The Labute approximate surface area is 168 Å². The molecule has 0 bridgehead atoms. The Balaban J connectivity index is 1.84. The van der Waals surface area contributed by atoms with E-state index < -0.39 is 29.5 Å². The standard InChI is InChI=1S/C21H18F4N2O3/c1-12(11-28)27-8-7-14-15(20(27)30)3-2-4-18(14)26-19(29)10-13-5-6-16(17(22)9-13)21(23,24)25/h2-9,12,28H,10-11H2,1H3,(H,26,29)/t12-/m0/s1. The van der Waals surface area contributed by atoms with Crippen molar-refractivity contribution in [3.05, 3.63) is 76.0 Å². The third-order valence-corrected chi connectivity index (χ3v) is 4.69. The molecule has 1 atom stereocenters. The largest absolute Gasteiger partial charge is 0.419 e. The van der Waals surface area contributed by atoms with Crippen LogP contribution in [0.25, 0.3) is 10.8 Å². The van der Waals surface area contributed by atoms with Gasteiger partial charge in [-0.15, -0.1) is 0 Å². The van der Waals surface area contributed by atoms with Crippen molar-refractivity contribution in [3.63, 3.8) is 0 Å². The molecule has 1 heterocycles. The lowest BCUT2D eigenvalue weighted by atomic mass is 10.1. The van der Waals surface area contributed by atoms with Crippen LogP contribution in [0.1, 0.15) is 24.1 Å². The number of aliphatic hydroxyl groups is 1. The van der Waals surface area contributed by atoms with Gasteiger partial charge in [0, 0.05) is 22.7 Å². The molecule has 30 heavy (non-hydrogen) atoms. The number of rotatable bonds is 5. The van der Waals surface area contributed by atoms with E-state index >= 15 is 0 Å². The van der Waals surface area contributed by atoms with E-state index in [9.17, 15) is 32.3 Å². The van der Waals surface area contributed by atoms with Crippen LogP contribution < -0.4 is 10.9 Å². The molecule has 1 amide bonds. The zero-order valence-electron chi connectivity index (χ0n) is 15.8. The van der Waals surface area contributed by atoms with Gasteiger partial charge in [0.15, 0.2) is 0 Å². The van der Waals surface area contributed by atoms with Crippen LogP contribution in [0.3, 0.4) is 0 Å². The number of benzene rings is 2. The molecule has 0 fully saturated rings. The van der Waals surface area contributed by atoms with Crippen molar-refractivity contribution in [2.45, 2.75) is 25.6 Å². The van der Waals surface area contributed by atoms with Crippen molar-refractivity contribution in [2.24, 2.45) is 0 Å². The van der Waals surface area contributed by atoms with Crippen LogP contribution in [-0.2, 0) is 17.4 Å². The van der Waals surface area contributed by atoms with E-state index in [0.717, 1.165) is 6.07 Å². The Morgan fingerprint density at radius 3 is 2.53 bits per heavy atom. The fourth-order valence-corrected chi connectivity index (χ4v) is 3.12. The highest BCUT2D eigenvalue weighted by Crippen LogP contribution is 2.31. The molecule has 0 aliphatic heterocycles. The Bertz CT molecular complexity index is 1160. The second kappa shape index (κ2) is 8.27. The third kappa shape index (κ3) is 4.35. The normalized spacial score (nSPS) is 12.7. The molecule has 0 unspecified atom stereocenters. The number of nitrogens with zero attached hydrogens (tertiary/aromatic N) is 1.